The van der Waals surface area contributed by atoms with Gasteiger partial charge in [0.05, 0.1) is 22.7 Å². The fraction of sp³-hybridized carbons (Fsp3) is 0.200. The van der Waals surface area contributed by atoms with Gasteiger partial charge >= 0.3 is 0 Å². The zero-order valence-electron chi connectivity index (χ0n) is 20.4. The molecule has 0 spiro atoms. The van der Waals surface area contributed by atoms with Crippen LogP contribution in [0.5, 0.6) is 0 Å². The van der Waals surface area contributed by atoms with Crippen LogP contribution in [0, 0.1) is 0 Å². The first kappa shape index (κ1) is 23.1. The van der Waals surface area contributed by atoms with E-state index in [2.05, 4.69) is 39.1 Å². The molecule has 1 amide bonds. The maximum absolute atomic E-state index is 12.3. The zero-order chi connectivity index (χ0) is 25.5. The van der Waals surface area contributed by atoms with Gasteiger partial charge in [-0.15, -0.1) is 0 Å². The molecule has 2 aromatic heterocycles. The van der Waals surface area contributed by atoms with E-state index in [-0.39, 0.29) is 12.1 Å². The van der Waals surface area contributed by atoms with Crippen LogP contribution in [0.3, 0.4) is 0 Å². The summed E-state index contributed by atoms with van der Waals surface area (Å²) in [5, 5.41) is 15.7. The smallest absolute Gasteiger partial charge is 0.250 e. The third kappa shape index (κ3) is 4.17. The van der Waals surface area contributed by atoms with E-state index in [1.165, 1.54) is 0 Å². The molecule has 3 aromatic carbocycles. The molecule has 0 aliphatic heterocycles. The van der Waals surface area contributed by atoms with Gasteiger partial charge in [-0.1, -0.05) is 30.3 Å². The molecular formula is C30H29N5O2. The van der Waals surface area contributed by atoms with Crippen LogP contribution in [0.2, 0.25) is 0 Å². The molecule has 1 fully saturated rings. The van der Waals surface area contributed by atoms with Crippen LogP contribution in [-0.4, -0.2) is 32.7 Å². The summed E-state index contributed by atoms with van der Waals surface area (Å²) in [6.45, 7) is 0. The average Bonchev–Trinajstić information content (AvgIpc) is 3.25. The number of hydrogen-bond acceptors (Lipinski definition) is 5. The monoisotopic (exact) mass is 491 g/mol. The number of carbonyl (C=O) groups excluding carboxylic acids is 1. The van der Waals surface area contributed by atoms with E-state index >= 15 is 0 Å². The molecular weight excluding hydrogens is 462 g/mol. The maximum atomic E-state index is 12.3. The molecule has 186 valence electrons. The van der Waals surface area contributed by atoms with E-state index in [1.807, 2.05) is 42.5 Å². The number of anilines is 2. The standard InChI is InChI=1S/C30H29N5O2/c31-28-15-8-18(17-33-28)22-5-3-7-27-29(22)24-4-1-2-6-26(24)35(27)20-11-14-23(30(32)37)25(16-20)34-19-9-12-21(36)13-10-19/h1-8,11,14-17,19,21,34,36H,9-10,12-13H2,(H2,31,33)(H2,32,37). The second-order valence-electron chi connectivity index (χ2n) is 9.77. The third-order valence-electron chi connectivity index (χ3n) is 7.38. The molecule has 37 heavy (non-hydrogen) atoms. The highest BCUT2D eigenvalue weighted by Gasteiger charge is 2.22. The number of nitrogens with two attached hydrogens (primary N) is 2. The number of benzene rings is 3. The number of nitrogens with zero attached hydrogens (tertiary/aromatic N) is 2. The second-order valence-corrected chi connectivity index (χ2v) is 9.77. The van der Waals surface area contributed by atoms with Crippen molar-refractivity contribution >= 4 is 39.2 Å². The molecule has 0 saturated heterocycles. The van der Waals surface area contributed by atoms with Crippen molar-refractivity contribution in [2.24, 2.45) is 5.73 Å². The average molecular weight is 492 g/mol. The van der Waals surface area contributed by atoms with E-state index < -0.39 is 5.91 Å². The number of aromatic nitrogens is 2. The summed E-state index contributed by atoms with van der Waals surface area (Å²) in [4.78, 5) is 16.6. The van der Waals surface area contributed by atoms with Gasteiger partial charge in [-0.05, 0) is 73.7 Å². The van der Waals surface area contributed by atoms with Gasteiger partial charge in [0.2, 0.25) is 0 Å². The number of pyridine rings is 1. The molecule has 1 aliphatic rings. The van der Waals surface area contributed by atoms with Crippen LogP contribution in [0.1, 0.15) is 36.0 Å². The topological polar surface area (TPSA) is 119 Å². The number of amides is 1. The van der Waals surface area contributed by atoms with Crippen molar-refractivity contribution in [1.29, 1.82) is 0 Å². The molecule has 5 aromatic rings. The number of fused-ring (bicyclic) bond motifs is 3. The van der Waals surface area contributed by atoms with Gasteiger partial charge < -0.3 is 26.5 Å². The minimum Gasteiger partial charge on any atom is -0.393 e. The highest BCUT2D eigenvalue weighted by atomic mass is 16.3. The van der Waals surface area contributed by atoms with Gasteiger partial charge in [-0.3, -0.25) is 4.79 Å². The van der Waals surface area contributed by atoms with Crippen molar-refractivity contribution < 1.29 is 9.90 Å². The number of para-hydroxylation sites is 1. The highest BCUT2D eigenvalue weighted by molar-refractivity contribution is 6.15. The SMILES string of the molecule is NC(=O)c1ccc(-n2c3ccccc3c3c(-c4ccc(N)nc4)cccc32)cc1NC1CCC(O)CC1. The van der Waals surface area contributed by atoms with Gasteiger partial charge in [0.15, 0.2) is 0 Å². The van der Waals surface area contributed by atoms with E-state index in [4.69, 9.17) is 11.5 Å². The summed E-state index contributed by atoms with van der Waals surface area (Å²) in [5.41, 5.74) is 17.9. The van der Waals surface area contributed by atoms with Crippen molar-refractivity contribution in [2.45, 2.75) is 37.8 Å². The fourth-order valence-corrected chi connectivity index (χ4v) is 5.55. The van der Waals surface area contributed by atoms with Gasteiger partial charge in [-0.25, -0.2) is 4.98 Å². The van der Waals surface area contributed by atoms with E-state index in [1.54, 1.807) is 12.3 Å². The molecule has 2 heterocycles. The Hall–Kier alpha value is -4.36. The summed E-state index contributed by atoms with van der Waals surface area (Å²) in [6, 6.07) is 24.3. The number of nitrogens with one attached hydrogen (secondary N) is 1. The summed E-state index contributed by atoms with van der Waals surface area (Å²) < 4.78 is 2.22. The minimum atomic E-state index is -0.467. The Kier molecular flexibility index (Phi) is 5.77. The molecule has 0 unspecified atom stereocenters. The van der Waals surface area contributed by atoms with E-state index in [0.717, 1.165) is 70.0 Å². The van der Waals surface area contributed by atoms with Gasteiger partial charge in [0.1, 0.15) is 5.82 Å². The molecule has 7 heteroatoms. The van der Waals surface area contributed by atoms with Crippen LogP contribution >= 0.6 is 0 Å². The summed E-state index contributed by atoms with van der Waals surface area (Å²) in [7, 11) is 0. The molecule has 0 radical (unpaired) electrons. The van der Waals surface area contributed by atoms with Gasteiger partial charge in [0, 0.05) is 39.9 Å². The van der Waals surface area contributed by atoms with Crippen molar-refractivity contribution in [2.75, 3.05) is 11.1 Å². The Labute approximate surface area is 214 Å². The maximum Gasteiger partial charge on any atom is 0.250 e. The van der Waals surface area contributed by atoms with Crippen LogP contribution in [0.4, 0.5) is 11.5 Å². The summed E-state index contributed by atoms with van der Waals surface area (Å²) >= 11 is 0. The van der Waals surface area contributed by atoms with Crippen LogP contribution < -0.4 is 16.8 Å². The highest BCUT2D eigenvalue weighted by Crippen LogP contribution is 2.39. The van der Waals surface area contributed by atoms with E-state index in [0.29, 0.717) is 11.4 Å². The lowest BCUT2D eigenvalue weighted by Crippen LogP contribution is -2.29. The van der Waals surface area contributed by atoms with Crippen molar-refractivity contribution in [3.63, 3.8) is 0 Å². The summed E-state index contributed by atoms with van der Waals surface area (Å²) in [6.07, 6.45) is 4.75. The summed E-state index contributed by atoms with van der Waals surface area (Å²) in [5.74, 6) is 0.0191. The van der Waals surface area contributed by atoms with Crippen molar-refractivity contribution in [1.82, 2.24) is 9.55 Å². The van der Waals surface area contributed by atoms with Gasteiger partial charge in [-0.2, -0.15) is 0 Å². The quantitative estimate of drug-likeness (QED) is 0.268. The van der Waals surface area contributed by atoms with E-state index in [9.17, 15) is 9.90 Å². The molecule has 0 bridgehead atoms. The Morgan fingerprint density at radius 1 is 0.946 bits per heavy atom. The van der Waals surface area contributed by atoms with Crippen LogP contribution in [0.15, 0.2) is 79.0 Å². The molecule has 1 aliphatic carbocycles. The normalized spacial score (nSPS) is 17.8. The number of aliphatic hydroxyl groups excluding tert-OH is 1. The molecule has 7 nitrogen and oxygen atoms in total. The number of nitrogen functional groups attached to an aromatic ring is 1. The third-order valence-corrected chi connectivity index (χ3v) is 7.38. The number of aliphatic hydroxyl groups is 1. The van der Waals surface area contributed by atoms with Crippen molar-refractivity contribution in [3.05, 3.63) is 84.6 Å². The lowest BCUT2D eigenvalue weighted by Gasteiger charge is -2.28. The first-order valence-electron chi connectivity index (χ1n) is 12.6. The lowest BCUT2D eigenvalue weighted by molar-refractivity contribution is 0.100. The molecule has 0 atom stereocenters. The van der Waals surface area contributed by atoms with Crippen LogP contribution in [-0.2, 0) is 0 Å². The molecule has 6 rings (SSSR count). The lowest BCUT2D eigenvalue weighted by atomic mass is 9.92. The van der Waals surface area contributed by atoms with Crippen LogP contribution in [0.25, 0.3) is 38.6 Å². The first-order valence-corrected chi connectivity index (χ1v) is 12.6. The first-order chi connectivity index (χ1) is 18.0. The Balaban J connectivity index is 1.53. The number of carbonyl (C=O) groups is 1. The zero-order valence-corrected chi connectivity index (χ0v) is 20.4. The molecule has 1 saturated carbocycles. The predicted molar refractivity (Wildman–Crippen MR) is 149 cm³/mol. The second kappa shape index (κ2) is 9.26. The largest absolute Gasteiger partial charge is 0.393 e. The van der Waals surface area contributed by atoms with Gasteiger partial charge in [0.25, 0.3) is 5.91 Å². The number of hydrogen-bond donors (Lipinski definition) is 4. The Bertz CT molecular complexity index is 1620. The van der Waals surface area contributed by atoms with Crippen molar-refractivity contribution in [3.8, 4) is 16.8 Å². The Morgan fingerprint density at radius 3 is 2.49 bits per heavy atom. The Morgan fingerprint density at radius 2 is 1.73 bits per heavy atom. The molecule has 6 N–H and O–H groups in total. The number of primary amides is 1. The number of rotatable bonds is 5. The predicted octanol–water partition coefficient (Wildman–Crippen LogP) is 5.24. The minimum absolute atomic E-state index is 0.180. The fourth-order valence-electron chi connectivity index (χ4n) is 5.55.